The van der Waals surface area contributed by atoms with Gasteiger partial charge in [-0.05, 0) is 12.1 Å². The summed E-state index contributed by atoms with van der Waals surface area (Å²) in [6.07, 6.45) is 0.640. The maximum atomic E-state index is 12.5. The Balaban J connectivity index is 1.64. The second-order valence-electron chi connectivity index (χ2n) is 6.03. The molecule has 0 aromatic carbocycles. The first-order valence-electron chi connectivity index (χ1n) is 7.93. The van der Waals surface area contributed by atoms with Crippen molar-refractivity contribution in [2.45, 2.75) is 25.7 Å². The second-order valence-corrected chi connectivity index (χ2v) is 6.03. The smallest absolute Gasteiger partial charge is 0.254 e. The number of nitrogens with zero attached hydrogens (tertiary/aromatic N) is 4. The van der Waals surface area contributed by atoms with Gasteiger partial charge in [0.2, 0.25) is 11.8 Å². The number of rotatable bonds is 6. The van der Waals surface area contributed by atoms with Crippen molar-refractivity contribution in [3.8, 4) is 5.88 Å². The van der Waals surface area contributed by atoms with E-state index in [1.807, 2.05) is 0 Å². The minimum atomic E-state index is -0.496. The lowest BCUT2D eigenvalue weighted by atomic mass is 9.95. The van der Waals surface area contributed by atoms with Gasteiger partial charge in [0.25, 0.3) is 5.88 Å². The third-order valence-corrected chi connectivity index (χ3v) is 4.32. The van der Waals surface area contributed by atoms with E-state index in [2.05, 4.69) is 20.3 Å². The number of nitrogens with one attached hydrogen (secondary N) is 1. The Morgan fingerprint density at radius 3 is 2.88 bits per heavy atom. The molecule has 2 amide bonds. The molecule has 0 spiro atoms. The van der Waals surface area contributed by atoms with Gasteiger partial charge in [-0.2, -0.15) is 5.10 Å². The molecule has 3 heterocycles. The highest BCUT2D eigenvalue weighted by Gasteiger charge is 2.41. The van der Waals surface area contributed by atoms with Crippen molar-refractivity contribution in [3.05, 3.63) is 23.5 Å². The number of aromatic nitrogens is 4. The van der Waals surface area contributed by atoms with Gasteiger partial charge in [0, 0.05) is 32.0 Å². The molecule has 1 saturated heterocycles. The average Bonchev–Trinajstić information content (AvgIpc) is 3.31. The fraction of sp³-hybridized carbons (Fsp3) is 0.533. The van der Waals surface area contributed by atoms with Crippen molar-refractivity contribution in [1.29, 1.82) is 0 Å². The largest absolute Gasteiger partial charge is 0.479 e. The summed E-state index contributed by atoms with van der Waals surface area (Å²) in [6, 6.07) is 1.64. The molecule has 10 heteroatoms. The van der Waals surface area contributed by atoms with E-state index in [0.29, 0.717) is 36.3 Å². The predicted molar refractivity (Wildman–Crippen MR) is 84.5 cm³/mol. The van der Waals surface area contributed by atoms with Gasteiger partial charge in [0.15, 0.2) is 5.82 Å². The molecular formula is C15H20N6O4. The Morgan fingerprint density at radius 2 is 2.28 bits per heavy atom. The first-order valence-corrected chi connectivity index (χ1v) is 7.93. The molecule has 10 nitrogen and oxygen atoms in total. The van der Waals surface area contributed by atoms with Crippen molar-refractivity contribution in [3.63, 3.8) is 0 Å². The number of hydrogen-bond acceptors (Lipinski definition) is 7. The molecule has 2 aromatic heterocycles. The van der Waals surface area contributed by atoms with Crippen LogP contribution in [0.25, 0.3) is 0 Å². The van der Waals surface area contributed by atoms with Gasteiger partial charge >= 0.3 is 0 Å². The topological polar surface area (TPSA) is 140 Å². The van der Waals surface area contributed by atoms with Crippen LogP contribution in [0.1, 0.15) is 29.7 Å². The molecule has 0 bridgehead atoms. The lowest BCUT2D eigenvalue weighted by molar-refractivity contribution is -0.130. The van der Waals surface area contributed by atoms with E-state index in [1.54, 1.807) is 17.9 Å². The number of likely N-dealkylation sites (tertiary alicyclic amines) is 1. The van der Waals surface area contributed by atoms with E-state index in [0.717, 1.165) is 0 Å². The summed E-state index contributed by atoms with van der Waals surface area (Å²) in [5.41, 5.74) is 5.50. The maximum absolute atomic E-state index is 12.5. The van der Waals surface area contributed by atoms with Gasteiger partial charge in [-0.25, -0.2) is 4.98 Å². The Bertz CT molecular complexity index is 770. The van der Waals surface area contributed by atoms with E-state index in [1.165, 1.54) is 7.11 Å². The van der Waals surface area contributed by atoms with Gasteiger partial charge < -0.3 is 19.9 Å². The zero-order valence-electron chi connectivity index (χ0n) is 14.1. The van der Waals surface area contributed by atoms with Crippen molar-refractivity contribution >= 4 is 11.8 Å². The van der Waals surface area contributed by atoms with Crippen LogP contribution in [0.4, 0.5) is 0 Å². The number of methoxy groups -OCH3 is 1. The van der Waals surface area contributed by atoms with Crippen LogP contribution in [0.15, 0.2) is 10.6 Å². The number of nitrogens with two attached hydrogens (primary N) is 1. The van der Waals surface area contributed by atoms with Crippen LogP contribution in [-0.2, 0) is 16.0 Å². The first kappa shape index (κ1) is 16.9. The molecule has 134 valence electrons. The Morgan fingerprint density at radius 1 is 1.48 bits per heavy atom. The van der Waals surface area contributed by atoms with Crippen molar-refractivity contribution < 1.29 is 18.8 Å². The number of ether oxygens (including phenoxy) is 1. The fourth-order valence-electron chi connectivity index (χ4n) is 2.98. The van der Waals surface area contributed by atoms with Crippen LogP contribution in [0.5, 0.6) is 5.88 Å². The number of amides is 2. The number of carbonyl (C=O) groups is 2. The molecule has 1 aliphatic rings. The molecule has 2 atom stereocenters. The minimum absolute atomic E-state index is 0.0867. The molecule has 1 fully saturated rings. The summed E-state index contributed by atoms with van der Waals surface area (Å²) in [6.45, 7) is 2.41. The summed E-state index contributed by atoms with van der Waals surface area (Å²) in [5.74, 6) is 0.772. The lowest BCUT2D eigenvalue weighted by Crippen LogP contribution is -2.32. The molecule has 2 aromatic rings. The summed E-state index contributed by atoms with van der Waals surface area (Å²) in [5, 5.41) is 10.6. The summed E-state index contributed by atoms with van der Waals surface area (Å²) >= 11 is 0. The minimum Gasteiger partial charge on any atom is -0.479 e. The predicted octanol–water partition coefficient (Wildman–Crippen LogP) is -0.230. The molecule has 0 saturated carbocycles. The number of aromatic amines is 1. The van der Waals surface area contributed by atoms with Crippen LogP contribution < -0.4 is 10.5 Å². The number of aryl methyl sites for hydroxylation is 2. The quantitative estimate of drug-likeness (QED) is 0.734. The number of primary amides is 1. The van der Waals surface area contributed by atoms with Crippen molar-refractivity contribution in [2.24, 2.45) is 11.7 Å². The van der Waals surface area contributed by atoms with Gasteiger partial charge in [-0.3, -0.25) is 14.7 Å². The molecule has 2 unspecified atom stereocenters. The highest BCUT2D eigenvalue weighted by molar-refractivity contribution is 5.82. The van der Waals surface area contributed by atoms with E-state index < -0.39 is 11.8 Å². The molecule has 1 aliphatic heterocycles. The van der Waals surface area contributed by atoms with Gasteiger partial charge in [0.1, 0.15) is 11.6 Å². The monoisotopic (exact) mass is 348 g/mol. The van der Waals surface area contributed by atoms with E-state index in [-0.39, 0.29) is 24.8 Å². The number of hydrogen-bond donors (Lipinski definition) is 2. The second kappa shape index (κ2) is 6.91. The van der Waals surface area contributed by atoms with Crippen molar-refractivity contribution in [2.75, 3.05) is 20.2 Å². The van der Waals surface area contributed by atoms with Crippen LogP contribution in [0.2, 0.25) is 0 Å². The van der Waals surface area contributed by atoms with Gasteiger partial charge in [-0.1, -0.05) is 0 Å². The van der Waals surface area contributed by atoms with Crippen molar-refractivity contribution in [1.82, 2.24) is 25.2 Å². The Labute approximate surface area is 143 Å². The first-order chi connectivity index (χ1) is 12.0. The lowest BCUT2D eigenvalue weighted by Gasteiger charge is -2.15. The third kappa shape index (κ3) is 3.62. The van der Waals surface area contributed by atoms with E-state index >= 15 is 0 Å². The molecule has 3 N–H and O–H groups in total. The highest BCUT2D eigenvalue weighted by atomic mass is 16.5. The zero-order chi connectivity index (χ0) is 18.0. The Hall–Kier alpha value is -2.91. The molecule has 0 radical (unpaired) electrons. The molecule has 25 heavy (non-hydrogen) atoms. The summed E-state index contributed by atoms with van der Waals surface area (Å²) < 4.78 is 10.0. The third-order valence-electron chi connectivity index (χ3n) is 4.32. The van der Waals surface area contributed by atoms with Crippen LogP contribution >= 0.6 is 0 Å². The number of carbonyl (C=O) groups excluding carboxylic acids is 2. The zero-order valence-corrected chi connectivity index (χ0v) is 14.1. The maximum Gasteiger partial charge on any atom is 0.254 e. The molecule has 0 aliphatic carbocycles. The summed E-state index contributed by atoms with van der Waals surface area (Å²) in [7, 11) is 1.49. The van der Waals surface area contributed by atoms with Crippen LogP contribution in [0, 0.1) is 12.8 Å². The van der Waals surface area contributed by atoms with E-state index in [9.17, 15) is 9.59 Å². The highest BCUT2D eigenvalue weighted by Crippen LogP contribution is 2.31. The van der Waals surface area contributed by atoms with Crippen LogP contribution in [-0.4, -0.2) is 57.3 Å². The molecular weight excluding hydrogens is 328 g/mol. The van der Waals surface area contributed by atoms with Gasteiger partial charge in [0.05, 0.1) is 18.9 Å². The van der Waals surface area contributed by atoms with Gasteiger partial charge in [-0.15, -0.1) is 0 Å². The normalized spacial score (nSPS) is 20.0. The van der Waals surface area contributed by atoms with E-state index in [4.69, 9.17) is 15.0 Å². The fourth-order valence-corrected chi connectivity index (χ4v) is 2.98. The van der Waals surface area contributed by atoms with Crippen LogP contribution in [0.3, 0.4) is 0 Å². The standard InChI is InChI=1S/C15H20N6O4/c1-8-17-15(19-18-8)11-7-21(6-10(11)14(16)23)13(22)4-3-9-5-12(24-2)20-25-9/h5,10-11H,3-4,6-7H2,1-2H3,(H2,16,23)(H,17,18,19). The Kier molecular flexibility index (Phi) is 4.68. The SMILES string of the molecule is COc1cc(CCC(=O)N2CC(C(N)=O)C(c3n[nH]c(C)n3)C2)on1. The molecule has 3 rings (SSSR count). The number of H-pyrrole nitrogens is 1. The summed E-state index contributed by atoms with van der Waals surface area (Å²) in [4.78, 5) is 30.1. The average molecular weight is 348 g/mol.